The largest absolute Gasteiger partial charge is 0.395 e. The highest BCUT2D eigenvalue weighted by Gasteiger charge is 2.45. The third-order valence-corrected chi connectivity index (χ3v) is 3.16. The van der Waals surface area contributed by atoms with Gasteiger partial charge >= 0.3 is 0 Å². The summed E-state index contributed by atoms with van der Waals surface area (Å²) in [5.74, 6) is 0. The van der Waals surface area contributed by atoms with Crippen molar-refractivity contribution < 1.29 is 10.0 Å². The molecule has 4 nitrogen and oxygen atoms in total. The lowest BCUT2D eigenvalue weighted by Gasteiger charge is -2.14. The first-order valence-corrected chi connectivity index (χ1v) is 4.95. The molecule has 1 aromatic rings. The summed E-state index contributed by atoms with van der Waals surface area (Å²) in [5.41, 5.74) is 1.86. The Morgan fingerprint density at radius 3 is 2.67 bits per heavy atom. The van der Waals surface area contributed by atoms with E-state index in [1.807, 2.05) is 6.92 Å². The fourth-order valence-corrected chi connectivity index (χ4v) is 1.96. The number of nitro benzene ring substituents is 1. The van der Waals surface area contributed by atoms with E-state index in [-0.39, 0.29) is 17.7 Å². The molecule has 0 saturated heterocycles. The number of hydrogen-bond acceptors (Lipinski definition) is 3. The maximum Gasteiger partial charge on any atom is 0.269 e. The van der Waals surface area contributed by atoms with Crippen LogP contribution in [0.2, 0.25) is 0 Å². The molecular formula is C11H13NO3. The van der Waals surface area contributed by atoms with Gasteiger partial charge < -0.3 is 5.11 Å². The van der Waals surface area contributed by atoms with Crippen molar-refractivity contribution in [3.05, 3.63) is 39.4 Å². The van der Waals surface area contributed by atoms with Gasteiger partial charge in [0, 0.05) is 17.5 Å². The lowest BCUT2D eigenvalue weighted by atomic mass is 9.92. The summed E-state index contributed by atoms with van der Waals surface area (Å²) in [7, 11) is 0. The maximum absolute atomic E-state index is 10.6. The van der Waals surface area contributed by atoms with Gasteiger partial charge in [0.05, 0.1) is 11.5 Å². The fourth-order valence-electron chi connectivity index (χ4n) is 1.96. The van der Waals surface area contributed by atoms with Crippen molar-refractivity contribution in [3.63, 3.8) is 0 Å². The van der Waals surface area contributed by atoms with Crippen LogP contribution in [0.25, 0.3) is 0 Å². The molecule has 1 saturated carbocycles. The van der Waals surface area contributed by atoms with Gasteiger partial charge in [0.25, 0.3) is 5.69 Å². The van der Waals surface area contributed by atoms with Crippen LogP contribution in [0.1, 0.15) is 24.0 Å². The van der Waals surface area contributed by atoms with Crippen molar-refractivity contribution in [1.29, 1.82) is 0 Å². The summed E-state index contributed by atoms with van der Waals surface area (Å²) in [6.07, 6.45) is 1.84. The third-order valence-electron chi connectivity index (χ3n) is 3.16. The van der Waals surface area contributed by atoms with E-state index in [1.165, 1.54) is 6.07 Å². The third kappa shape index (κ3) is 1.61. The molecule has 0 bridgehead atoms. The Hall–Kier alpha value is -1.42. The number of aryl methyl sites for hydroxylation is 1. The van der Waals surface area contributed by atoms with Crippen molar-refractivity contribution in [2.75, 3.05) is 6.61 Å². The molecule has 0 spiro atoms. The van der Waals surface area contributed by atoms with Gasteiger partial charge in [-0.25, -0.2) is 0 Å². The summed E-state index contributed by atoms with van der Waals surface area (Å²) < 4.78 is 0. The molecule has 0 atom stereocenters. The fraction of sp³-hybridized carbons (Fsp3) is 0.455. The molecule has 80 valence electrons. The second-order valence-electron chi connectivity index (χ2n) is 4.19. The van der Waals surface area contributed by atoms with Crippen LogP contribution in [0.5, 0.6) is 0 Å². The molecule has 0 amide bonds. The molecule has 1 aliphatic rings. The lowest BCUT2D eigenvalue weighted by molar-refractivity contribution is -0.385. The standard InChI is InChI=1S/C11H13NO3/c1-8-2-3-9(12(14)15)6-10(8)11(7-13)4-5-11/h2-3,6,13H,4-5,7H2,1H3. The number of hydrogen-bond donors (Lipinski definition) is 1. The predicted molar refractivity (Wildman–Crippen MR) is 55.8 cm³/mol. The van der Waals surface area contributed by atoms with E-state index >= 15 is 0 Å². The highest BCUT2D eigenvalue weighted by molar-refractivity contribution is 5.46. The van der Waals surface area contributed by atoms with Crippen molar-refractivity contribution in [2.24, 2.45) is 0 Å². The monoisotopic (exact) mass is 207 g/mol. The number of nitrogens with zero attached hydrogens (tertiary/aromatic N) is 1. The molecule has 1 N–H and O–H groups in total. The van der Waals surface area contributed by atoms with E-state index in [2.05, 4.69) is 0 Å². The Morgan fingerprint density at radius 1 is 1.53 bits per heavy atom. The summed E-state index contributed by atoms with van der Waals surface area (Å²) in [4.78, 5) is 10.3. The molecule has 4 heteroatoms. The van der Waals surface area contributed by atoms with Gasteiger partial charge in [-0.15, -0.1) is 0 Å². The normalized spacial score (nSPS) is 17.5. The molecule has 0 aromatic heterocycles. The van der Waals surface area contributed by atoms with E-state index < -0.39 is 4.92 Å². The van der Waals surface area contributed by atoms with E-state index in [9.17, 15) is 15.2 Å². The smallest absolute Gasteiger partial charge is 0.269 e. The highest BCUT2D eigenvalue weighted by atomic mass is 16.6. The van der Waals surface area contributed by atoms with Crippen LogP contribution in [-0.2, 0) is 5.41 Å². The molecule has 0 radical (unpaired) electrons. The zero-order valence-corrected chi connectivity index (χ0v) is 8.56. The zero-order valence-electron chi connectivity index (χ0n) is 8.56. The van der Waals surface area contributed by atoms with Crippen LogP contribution >= 0.6 is 0 Å². The first-order valence-electron chi connectivity index (χ1n) is 4.95. The van der Waals surface area contributed by atoms with Gasteiger partial charge in [-0.05, 0) is 30.9 Å². The second kappa shape index (κ2) is 3.31. The maximum atomic E-state index is 10.6. The number of nitro groups is 1. The Morgan fingerprint density at radius 2 is 2.20 bits per heavy atom. The second-order valence-corrected chi connectivity index (χ2v) is 4.19. The van der Waals surface area contributed by atoms with Gasteiger partial charge in [0.1, 0.15) is 0 Å². The molecule has 2 rings (SSSR count). The van der Waals surface area contributed by atoms with E-state index in [1.54, 1.807) is 12.1 Å². The molecule has 1 aliphatic carbocycles. The minimum Gasteiger partial charge on any atom is -0.395 e. The topological polar surface area (TPSA) is 63.4 Å². The Bertz CT molecular complexity index is 410. The summed E-state index contributed by atoms with van der Waals surface area (Å²) >= 11 is 0. The zero-order chi connectivity index (χ0) is 11.1. The SMILES string of the molecule is Cc1ccc([N+](=O)[O-])cc1C1(CO)CC1. The van der Waals surface area contributed by atoms with Crippen molar-refractivity contribution >= 4 is 5.69 Å². The first-order chi connectivity index (χ1) is 7.09. The number of aliphatic hydroxyl groups is 1. The van der Waals surface area contributed by atoms with Gasteiger partial charge in [-0.3, -0.25) is 10.1 Å². The lowest BCUT2D eigenvalue weighted by Crippen LogP contribution is -2.13. The first kappa shape index (κ1) is 10.1. The van der Waals surface area contributed by atoms with E-state index in [0.29, 0.717) is 0 Å². The molecular weight excluding hydrogens is 194 g/mol. The molecule has 15 heavy (non-hydrogen) atoms. The average molecular weight is 207 g/mol. The molecule has 1 fully saturated rings. The minimum absolute atomic E-state index is 0.0784. The number of rotatable bonds is 3. The van der Waals surface area contributed by atoms with Crippen molar-refractivity contribution in [3.8, 4) is 0 Å². The van der Waals surface area contributed by atoms with Gasteiger partial charge in [-0.2, -0.15) is 0 Å². The van der Waals surface area contributed by atoms with Crippen LogP contribution in [0.15, 0.2) is 18.2 Å². The van der Waals surface area contributed by atoms with Crippen LogP contribution in [0, 0.1) is 17.0 Å². The summed E-state index contributed by atoms with van der Waals surface area (Å²) in [6, 6.07) is 4.86. The highest BCUT2D eigenvalue weighted by Crippen LogP contribution is 2.49. The van der Waals surface area contributed by atoms with Gasteiger partial charge in [0.2, 0.25) is 0 Å². The van der Waals surface area contributed by atoms with Crippen LogP contribution in [0.3, 0.4) is 0 Å². The van der Waals surface area contributed by atoms with Crippen LogP contribution < -0.4 is 0 Å². The van der Waals surface area contributed by atoms with E-state index in [4.69, 9.17) is 0 Å². The van der Waals surface area contributed by atoms with E-state index in [0.717, 1.165) is 24.0 Å². The molecule has 0 heterocycles. The molecule has 0 aliphatic heterocycles. The molecule has 0 unspecified atom stereocenters. The van der Waals surface area contributed by atoms with Crippen LogP contribution in [-0.4, -0.2) is 16.6 Å². The Labute approximate surface area is 87.7 Å². The molecule has 1 aromatic carbocycles. The van der Waals surface area contributed by atoms with Crippen molar-refractivity contribution in [1.82, 2.24) is 0 Å². The van der Waals surface area contributed by atoms with Crippen molar-refractivity contribution in [2.45, 2.75) is 25.2 Å². The number of non-ortho nitro benzene ring substituents is 1. The Kier molecular flexibility index (Phi) is 2.23. The summed E-state index contributed by atoms with van der Waals surface area (Å²) in [6.45, 7) is 2.00. The summed E-state index contributed by atoms with van der Waals surface area (Å²) in [5, 5.41) is 19.9. The predicted octanol–water partition coefficient (Wildman–Crippen LogP) is 1.93. The number of aliphatic hydroxyl groups excluding tert-OH is 1. The Balaban J connectivity index is 2.46. The minimum atomic E-state index is -0.392. The average Bonchev–Trinajstić information content (AvgIpc) is 2.99. The van der Waals surface area contributed by atoms with Gasteiger partial charge in [-0.1, -0.05) is 6.07 Å². The quantitative estimate of drug-likeness (QED) is 0.608. The van der Waals surface area contributed by atoms with Crippen LogP contribution in [0.4, 0.5) is 5.69 Å². The number of benzene rings is 1. The van der Waals surface area contributed by atoms with Gasteiger partial charge in [0.15, 0.2) is 0 Å².